The van der Waals surface area contributed by atoms with Gasteiger partial charge in [0.2, 0.25) is 5.79 Å². The lowest BCUT2D eigenvalue weighted by atomic mass is 9.93. The third-order valence-corrected chi connectivity index (χ3v) is 2.72. The van der Waals surface area contributed by atoms with E-state index in [9.17, 15) is 10.2 Å². The van der Waals surface area contributed by atoms with Gasteiger partial charge in [0.1, 0.15) is 0 Å². The Hall–Kier alpha value is -1.23. The molecular formula is C12H16N2O2. The molecule has 16 heavy (non-hydrogen) atoms. The molecule has 0 fully saturated rings. The summed E-state index contributed by atoms with van der Waals surface area (Å²) in [5.74, 6) is -1.87. The van der Waals surface area contributed by atoms with Crippen LogP contribution in [0.1, 0.15) is 6.42 Å². The van der Waals surface area contributed by atoms with Crippen LogP contribution in [0.15, 0.2) is 40.1 Å². The van der Waals surface area contributed by atoms with Crippen LogP contribution in [-0.2, 0) is 0 Å². The maximum atomic E-state index is 9.86. The molecule has 0 saturated carbocycles. The molecule has 0 atom stereocenters. The summed E-state index contributed by atoms with van der Waals surface area (Å²) in [6.07, 6.45) is 7.26. The fraction of sp³-hybridized carbons (Fsp3) is 0.417. The molecule has 0 amide bonds. The number of fused-ring (bicyclic) bond motifs is 1. The van der Waals surface area contributed by atoms with Crippen molar-refractivity contribution in [2.75, 3.05) is 20.6 Å². The molecule has 4 heteroatoms. The highest BCUT2D eigenvalue weighted by Crippen LogP contribution is 2.35. The Morgan fingerprint density at radius 2 is 2.12 bits per heavy atom. The van der Waals surface area contributed by atoms with Gasteiger partial charge in [-0.15, -0.1) is 0 Å². The molecule has 0 radical (unpaired) electrons. The lowest BCUT2D eigenvalue weighted by Crippen LogP contribution is -2.30. The number of allylic oxidation sites excluding steroid dienone is 2. The van der Waals surface area contributed by atoms with Crippen LogP contribution in [0.4, 0.5) is 0 Å². The summed E-state index contributed by atoms with van der Waals surface area (Å²) >= 11 is 0. The minimum absolute atomic E-state index is 0.525. The molecule has 0 aromatic carbocycles. The Labute approximate surface area is 94.9 Å². The number of hydrogen-bond acceptors (Lipinski definition) is 4. The van der Waals surface area contributed by atoms with Gasteiger partial charge in [0.05, 0.1) is 5.70 Å². The molecule has 2 aliphatic rings. The highest BCUT2D eigenvalue weighted by Gasteiger charge is 2.34. The molecule has 0 aromatic heterocycles. The first-order chi connectivity index (χ1) is 7.50. The van der Waals surface area contributed by atoms with Crippen LogP contribution in [0.25, 0.3) is 0 Å². The van der Waals surface area contributed by atoms with E-state index in [1.807, 2.05) is 14.1 Å². The number of rotatable bonds is 3. The van der Waals surface area contributed by atoms with Crippen molar-refractivity contribution >= 4 is 6.21 Å². The lowest BCUT2D eigenvalue weighted by molar-refractivity contribution is -0.0835. The third kappa shape index (κ3) is 2.00. The molecule has 2 rings (SSSR count). The summed E-state index contributed by atoms with van der Waals surface area (Å²) in [4.78, 5) is 6.24. The molecule has 86 valence electrons. The first-order valence-electron chi connectivity index (χ1n) is 5.28. The second-order valence-corrected chi connectivity index (χ2v) is 4.35. The Morgan fingerprint density at radius 3 is 2.81 bits per heavy atom. The quantitative estimate of drug-likeness (QED) is 0.679. The highest BCUT2D eigenvalue weighted by atomic mass is 16.5. The normalized spacial score (nSPS) is 21.7. The summed E-state index contributed by atoms with van der Waals surface area (Å²) < 4.78 is 0. The zero-order valence-corrected chi connectivity index (χ0v) is 9.51. The molecule has 1 aliphatic carbocycles. The molecule has 2 N–H and O–H groups in total. The molecule has 0 saturated heterocycles. The highest BCUT2D eigenvalue weighted by molar-refractivity contribution is 5.87. The Bertz CT molecular complexity index is 415. The Kier molecular flexibility index (Phi) is 2.80. The van der Waals surface area contributed by atoms with E-state index in [0.717, 1.165) is 18.5 Å². The Morgan fingerprint density at radius 1 is 1.38 bits per heavy atom. The molecule has 1 heterocycles. The van der Waals surface area contributed by atoms with Crippen molar-refractivity contribution in [2.45, 2.75) is 12.2 Å². The van der Waals surface area contributed by atoms with Gasteiger partial charge in [-0.1, -0.05) is 6.08 Å². The standard InChI is InChI=1S/C12H16N2O2/c1-14(2)7-5-9-8-13-10-4-3-6-12(15,16)11(9)10/h3-4,6,8,15-16H,5,7H2,1-2H3. The third-order valence-electron chi connectivity index (χ3n) is 2.72. The van der Waals surface area contributed by atoms with E-state index in [0.29, 0.717) is 11.3 Å². The SMILES string of the molecule is CN(C)CCC1=C2C(=CC=CC2(O)O)N=C1. The van der Waals surface area contributed by atoms with Crippen LogP contribution < -0.4 is 0 Å². The molecule has 1 aliphatic heterocycles. The fourth-order valence-corrected chi connectivity index (χ4v) is 1.88. The van der Waals surface area contributed by atoms with Crippen LogP contribution in [0.2, 0.25) is 0 Å². The minimum Gasteiger partial charge on any atom is -0.359 e. The zero-order chi connectivity index (χ0) is 11.8. The van der Waals surface area contributed by atoms with E-state index >= 15 is 0 Å². The molecule has 0 bridgehead atoms. The molecule has 0 aromatic rings. The summed E-state index contributed by atoms with van der Waals surface area (Å²) in [5, 5.41) is 19.7. The van der Waals surface area contributed by atoms with Gasteiger partial charge < -0.3 is 15.1 Å². The minimum atomic E-state index is -1.87. The maximum Gasteiger partial charge on any atom is 0.212 e. The first-order valence-corrected chi connectivity index (χ1v) is 5.28. The molecule has 0 unspecified atom stereocenters. The fourth-order valence-electron chi connectivity index (χ4n) is 1.88. The second-order valence-electron chi connectivity index (χ2n) is 4.35. The van der Waals surface area contributed by atoms with Gasteiger partial charge in [-0.25, -0.2) is 0 Å². The van der Waals surface area contributed by atoms with Gasteiger partial charge in [0.15, 0.2) is 0 Å². The van der Waals surface area contributed by atoms with Crippen molar-refractivity contribution in [1.82, 2.24) is 4.90 Å². The summed E-state index contributed by atoms with van der Waals surface area (Å²) in [5.41, 5.74) is 2.08. The van der Waals surface area contributed by atoms with Gasteiger partial charge in [-0.3, -0.25) is 4.99 Å². The van der Waals surface area contributed by atoms with Crippen LogP contribution >= 0.6 is 0 Å². The predicted octanol–water partition coefficient (Wildman–Crippen LogP) is 0.454. The van der Waals surface area contributed by atoms with E-state index < -0.39 is 5.79 Å². The van der Waals surface area contributed by atoms with E-state index in [4.69, 9.17) is 0 Å². The molecular weight excluding hydrogens is 204 g/mol. The largest absolute Gasteiger partial charge is 0.359 e. The van der Waals surface area contributed by atoms with Gasteiger partial charge in [-0.2, -0.15) is 0 Å². The average molecular weight is 220 g/mol. The van der Waals surface area contributed by atoms with E-state index in [1.54, 1.807) is 18.4 Å². The molecule has 4 nitrogen and oxygen atoms in total. The second kappa shape index (κ2) is 3.97. The van der Waals surface area contributed by atoms with Crippen molar-refractivity contribution in [3.63, 3.8) is 0 Å². The van der Waals surface area contributed by atoms with Crippen LogP contribution in [0.5, 0.6) is 0 Å². The Balaban J connectivity index is 2.27. The van der Waals surface area contributed by atoms with Crippen LogP contribution in [0, 0.1) is 0 Å². The summed E-state index contributed by atoms with van der Waals surface area (Å²) in [6.45, 7) is 0.859. The topological polar surface area (TPSA) is 56.1 Å². The number of hydrogen-bond donors (Lipinski definition) is 2. The van der Waals surface area contributed by atoms with E-state index in [-0.39, 0.29) is 0 Å². The summed E-state index contributed by atoms with van der Waals surface area (Å²) in [6, 6.07) is 0. The lowest BCUT2D eigenvalue weighted by Gasteiger charge is -2.24. The van der Waals surface area contributed by atoms with Crippen molar-refractivity contribution in [3.8, 4) is 0 Å². The average Bonchev–Trinajstić information content (AvgIpc) is 2.59. The predicted molar refractivity (Wildman–Crippen MR) is 63.1 cm³/mol. The first kappa shape index (κ1) is 11.3. The van der Waals surface area contributed by atoms with Gasteiger partial charge in [-0.05, 0) is 38.2 Å². The van der Waals surface area contributed by atoms with Crippen LogP contribution in [-0.4, -0.2) is 47.8 Å². The van der Waals surface area contributed by atoms with Crippen molar-refractivity contribution in [1.29, 1.82) is 0 Å². The molecule has 0 spiro atoms. The number of nitrogens with zero attached hydrogens (tertiary/aromatic N) is 2. The van der Waals surface area contributed by atoms with Gasteiger partial charge in [0, 0.05) is 18.3 Å². The van der Waals surface area contributed by atoms with E-state index in [1.165, 1.54) is 6.08 Å². The van der Waals surface area contributed by atoms with E-state index in [2.05, 4.69) is 9.89 Å². The van der Waals surface area contributed by atoms with Crippen molar-refractivity contribution in [3.05, 3.63) is 35.1 Å². The van der Waals surface area contributed by atoms with Gasteiger partial charge >= 0.3 is 0 Å². The number of aliphatic imine (C=N–C) groups is 1. The van der Waals surface area contributed by atoms with Crippen LogP contribution in [0.3, 0.4) is 0 Å². The van der Waals surface area contributed by atoms with Crippen molar-refractivity contribution < 1.29 is 10.2 Å². The monoisotopic (exact) mass is 220 g/mol. The van der Waals surface area contributed by atoms with Gasteiger partial charge in [0.25, 0.3) is 0 Å². The zero-order valence-electron chi connectivity index (χ0n) is 9.51. The number of aliphatic hydroxyl groups is 2. The smallest absolute Gasteiger partial charge is 0.212 e. The van der Waals surface area contributed by atoms with Crippen molar-refractivity contribution in [2.24, 2.45) is 4.99 Å². The maximum absolute atomic E-state index is 9.86. The summed E-state index contributed by atoms with van der Waals surface area (Å²) in [7, 11) is 3.97.